The fourth-order valence-electron chi connectivity index (χ4n) is 4.47. The molecule has 2 fully saturated rings. The lowest BCUT2D eigenvalue weighted by Crippen LogP contribution is -2.41. The van der Waals surface area contributed by atoms with Gasteiger partial charge in [0.2, 0.25) is 5.91 Å². The lowest BCUT2D eigenvalue weighted by Gasteiger charge is -2.36. The van der Waals surface area contributed by atoms with Crippen molar-refractivity contribution in [2.24, 2.45) is 11.8 Å². The van der Waals surface area contributed by atoms with Crippen LogP contribution in [0.5, 0.6) is 0 Å². The number of nitrogens with zero attached hydrogens (tertiary/aromatic N) is 3. The Morgan fingerprint density at radius 1 is 1.21 bits per heavy atom. The molecular formula is C22H29N3O3S. The van der Waals surface area contributed by atoms with Crippen LogP contribution in [0.3, 0.4) is 0 Å². The third-order valence-corrected chi connectivity index (χ3v) is 7.40. The molecule has 2 aliphatic rings. The predicted octanol–water partition coefficient (Wildman–Crippen LogP) is 3.34. The van der Waals surface area contributed by atoms with Crippen LogP contribution in [0.2, 0.25) is 0 Å². The van der Waals surface area contributed by atoms with E-state index in [2.05, 4.69) is 13.8 Å². The highest BCUT2D eigenvalue weighted by Gasteiger charge is 2.31. The number of hydrogen-bond acceptors (Lipinski definition) is 5. The molecule has 0 bridgehead atoms. The Labute approximate surface area is 175 Å². The molecule has 0 N–H and O–H groups in total. The Morgan fingerprint density at radius 3 is 2.76 bits per heavy atom. The molecule has 0 radical (unpaired) electrons. The predicted molar refractivity (Wildman–Crippen MR) is 115 cm³/mol. The first-order valence-electron chi connectivity index (χ1n) is 10.6. The van der Waals surface area contributed by atoms with Crippen LogP contribution < -0.4 is 5.56 Å². The monoisotopic (exact) mass is 415 g/mol. The van der Waals surface area contributed by atoms with Crippen molar-refractivity contribution in [1.82, 2.24) is 14.5 Å². The molecule has 1 aromatic carbocycles. The molecule has 0 unspecified atom stereocenters. The number of rotatable bonds is 4. The Hall–Kier alpha value is -1.86. The van der Waals surface area contributed by atoms with Crippen LogP contribution in [0.25, 0.3) is 10.9 Å². The van der Waals surface area contributed by atoms with Crippen molar-refractivity contribution in [3.05, 3.63) is 34.6 Å². The molecular weight excluding hydrogens is 386 g/mol. The highest BCUT2D eigenvalue weighted by Crippen LogP contribution is 2.38. The number of fused-ring (bicyclic) bond motifs is 1. The SMILES string of the molecule is C[C@@H]1[C@@H](C)CCC[C@@H]1n1c(SCC(=O)N2CCOCC2)nc2ccccc2c1=O. The summed E-state index contributed by atoms with van der Waals surface area (Å²) in [6.07, 6.45) is 3.30. The fraction of sp³-hybridized carbons (Fsp3) is 0.591. The average molecular weight is 416 g/mol. The Bertz CT molecular complexity index is 939. The van der Waals surface area contributed by atoms with Crippen LogP contribution in [-0.4, -0.2) is 52.4 Å². The summed E-state index contributed by atoms with van der Waals surface area (Å²) < 4.78 is 7.23. The molecule has 1 aliphatic carbocycles. The van der Waals surface area contributed by atoms with Gasteiger partial charge in [0.05, 0.1) is 29.9 Å². The molecule has 7 heteroatoms. The zero-order valence-electron chi connectivity index (χ0n) is 17.2. The van der Waals surface area contributed by atoms with Crippen molar-refractivity contribution in [3.8, 4) is 0 Å². The molecule has 3 atom stereocenters. The molecule has 0 spiro atoms. The van der Waals surface area contributed by atoms with Crippen molar-refractivity contribution in [1.29, 1.82) is 0 Å². The highest BCUT2D eigenvalue weighted by atomic mass is 32.2. The van der Waals surface area contributed by atoms with Crippen LogP contribution in [0.1, 0.15) is 39.2 Å². The molecule has 1 aliphatic heterocycles. The van der Waals surface area contributed by atoms with Gasteiger partial charge in [-0.2, -0.15) is 0 Å². The van der Waals surface area contributed by atoms with Gasteiger partial charge in [0, 0.05) is 19.1 Å². The van der Waals surface area contributed by atoms with Gasteiger partial charge in [-0.15, -0.1) is 0 Å². The summed E-state index contributed by atoms with van der Waals surface area (Å²) in [6.45, 7) is 6.96. The first-order valence-corrected chi connectivity index (χ1v) is 11.5. The van der Waals surface area contributed by atoms with Crippen molar-refractivity contribution in [2.45, 2.75) is 44.3 Å². The number of thioether (sulfide) groups is 1. The van der Waals surface area contributed by atoms with E-state index in [1.807, 2.05) is 33.7 Å². The summed E-state index contributed by atoms with van der Waals surface area (Å²) in [6, 6.07) is 7.65. The largest absolute Gasteiger partial charge is 0.378 e. The second-order valence-corrected chi connectivity index (χ2v) is 9.15. The quantitative estimate of drug-likeness (QED) is 0.566. The van der Waals surface area contributed by atoms with Gasteiger partial charge in [0.1, 0.15) is 0 Å². The van der Waals surface area contributed by atoms with Gasteiger partial charge < -0.3 is 9.64 Å². The van der Waals surface area contributed by atoms with Crippen LogP contribution in [0.15, 0.2) is 34.2 Å². The van der Waals surface area contributed by atoms with Crippen molar-refractivity contribution >= 4 is 28.6 Å². The number of aromatic nitrogens is 2. The molecule has 6 nitrogen and oxygen atoms in total. The number of amides is 1. The Kier molecular flexibility index (Phi) is 6.25. The molecule has 2 aromatic rings. The third kappa shape index (κ3) is 4.21. The average Bonchev–Trinajstić information content (AvgIpc) is 2.75. The van der Waals surface area contributed by atoms with Crippen molar-refractivity contribution < 1.29 is 9.53 Å². The van der Waals surface area contributed by atoms with Crippen LogP contribution in [-0.2, 0) is 9.53 Å². The lowest BCUT2D eigenvalue weighted by atomic mass is 9.78. The molecule has 1 saturated heterocycles. The maximum Gasteiger partial charge on any atom is 0.262 e. The maximum absolute atomic E-state index is 13.4. The first kappa shape index (κ1) is 20.4. The minimum Gasteiger partial charge on any atom is -0.378 e. The summed E-state index contributed by atoms with van der Waals surface area (Å²) in [5.74, 6) is 1.34. The zero-order valence-corrected chi connectivity index (χ0v) is 18.0. The van der Waals surface area contributed by atoms with E-state index in [9.17, 15) is 9.59 Å². The molecule has 2 heterocycles. The molecule has 1 aromatic heterocycles. The van der Waals surface area contributed by atoms with Gasteiger partial charge in [-0.05, 0) is 30.4 Å². The van der Waals surface area contributed by atoms with E-state index in [1.54, 1.807) is 0 Å². The fourth-order valence-corrected chi connectivity index (χ4v) is 5.42. The first-order chi connectivity index (χ1) is 14.1. The Morgan fingerprint density at radius 2 is 1.97 bits per heavy atom. The Balaban J connectivity index is 1.67. The van der Waals surface area contributed by atoms with E-state index in [0.717, 1.165) is 12.8 Å². The number of benzene rings is 1. The number of para-hydroxylation sites is 1. The number of carbonyl (C=O) groups is 1. The van der Waals surface area contributed by atoms with E-state index in [0.29, 0.717) is 60.0 Å². The highest BCUT2D eigenvalue weighted by molar-refractivity contribution is 7.99. The molecule has 29 heavy (non-hydrogen) atoms. The number of ether oxygens (including phenoxy) is 1. The number of carbonyl (C=O) groups excluding carboxylic acids is 1. The summed E-state index contributed by atoms with van der Waals surface area (Å²) in [7, 11) is 0. The second-order valence-electron chi connectivity index (χ2n) is 8.20. The van der Waals surface area contributed by atoms with Crippen LogP contribution >= 0.6 is 11.8 Å². The molecule has 4 rings (SSSR count). The van der Waals surface area contributed by atoms with E-state index in [-0.39, 0.29) is 17.5 Å². The topological polar surface area (TPSA) is 64.4 Å². The van der Waals surface area contributed by atoms with E-state index >= 15 is 0 Å². The molecule has 1 amide bonds. The summed E-state index contributed by atoms with van der Waals surface area (Å²) >= 11 is 1.39. The van der Waals surface area contributed by atoms with E-state index in [1.165, 1.54) is 18.2 Å². The lowest BCUT2D eigenvalue weighted by molar-refractivity contribution is -0.132. The normalized spacial score (nSPS) is 25.3. The smallest absolute Gasteiger partial charge is 0.262 e. The van der Waals surface area contributed by atoms with Crippen molar-refractivity contribution in [2.75, 3.05) is 32.1 Å². The van der Waals surface area contributed by atoms with Gasteiger partial charge in [0.15, 0.2) is 5.16 Å². The third-order valence-electron chi connectivity index (χ3n) is 6.46. The standard InChI is InChI=1S/C22H29N3O3S/c1-15-6-5-9-19(16(15)2)25-21(27)17-7-3-4-8-18(17)23-22(25)29-14-20(26)24-10-12-28-13-11-24/h3-4,7-8,15-16,19H,5-6,9-14H2,1-2H3/t15-,16+,19-/m0/s1. The number of hydrogen-bond donors (Lipinski definition) is 0. The molecule has 156 valence electrons. The summed E-state index contributed by atoms with van der Waals surface area (Å²) in [5, 5.41) is 1.32. The molecule has 1 saturated carbocycles. The summed E-state index contributed by atoms with van der Waals surface area (Å²) in [5.41, 5.74) is 0.717. The van der Waals surface area contributed by atoms with Gasteiger partial charge in [0.25, 0.3) is 5.56 Å². The van der Waals surface area contributed by atoms with Crippen LogP contribution in [0, 0.1) is 11.8 Å². The zero-order chi connectivity index (χ0) is 20.4. The van der Waals surface area contributed by atoms with Crippen molar-refractivity contribution in [3.63, 3.8) is 0 Å². The number of morpholine rings is 1. The summed E-state index contributed by atoms with van der Waals surface area (Å²) in [4.78, 5) is 32.8. The van der Waals surface area contributed by atoms with Gasteiger partial charge in [-0.3, -0.25) is 14.2 Å². The van der Waals surface area contributed by atoms with E-state index in [4.69, 9.17) is 9.72 Å². The van der Waals surface area contributed by atoms with Gasteiger partial charge in [-0.25, -0.2) is 4.98 Å². The second kappa shape index (κ2) is 8.88. The van der Waals surface area contributed by atoms with Crippen LogP contribution in [0.4, 0.5) is 0 Å². The van der Waals surface area contributed by atoms with E-state index < -0.39 is 0 Å². The van der Waals surface area contributed by atoms with Gasteiger partial charge >= 0.3 is 0 Å². The maximum atomic E-state index is 13.4. The minimum atomic E-state index is 0.0165. The minimum absolute atomic E-state index is 0.0165. The van der Waals surface area contributed by atoms with Gasteiger partial charge in [-0.1, -0.05) is 50.6 Å².